The Hall–Kier alpha value is -3.13. The average Bonchev–Trinajstić information content (AvgIpc) is 2.72. The normalized spacial score (nSPS) is 11.2. The Morgan fingerprint density at radius 3 is 1.92 bits per heavy atom. The van der Waals surface area contributed by atoms with Crippen molar-refractivity contribution in [3.63, 3.8) is 0 Å². The predicted molar refractivity (Wildman–Crippen MR) is 108 cm³/mol. The summed E-state index contributed by atoms with van der Waals surface area (Å²) in [4.78, 5) is 15.2. The van der Waals surface area contributed by atoms with Gasteiger partial charge in [0.15, 0.2) is 0 Å². The van der Waals surface area contributed by atoms with Crippen molar-refractivity contribution in [1.29, 1.82) is 0 Å². The van der Waals surface area contributed by atoms with Gasteiger partial charge in [0, 0.05) is 18.7 Å². The van der Waals surface area contributed by atoms with E-state index in [0.717, 1.165) is 22.3 Å². The number of rotatable bonds is 6. The molecule has 1 amide bonds. The van der Waals surface area contributed by atoms with Gasteiger partial charge in [-0.15, -0.1) is 0 Å². The van der Waals surface area contributed by atoms with E-state index in [1.165, 1.54) is 0 Å². The molecule has 0 N–H and O–H groups in total. The van der Waals surface area contributed by atoms with Gasteiger partial charge in [-0.2, -0.15) is 0 Å². The lowest BCUT2D eigenvalue weighted by molar-refractivity contribution is -0.125. The lowest BCUT2D eigenvalue weighted by Crippen LogP contribution is -2.31. The number of amides is 1. The Morgan fingerprint density at radius 1 is 0.808 bits per heavy atom. The molecule has 0 saturated heterocycles. The Kier molecular flexibility index (Phi) is 6.00. The molecule has 0 unspecified atom stereocenters. The summed E-state index contributed by atoms with van der Waals surface area (Å²) >= 11 is 0. The van der Waals surface area contributed by atoms with Crippen molar-refractivity contribution in [2.45, 2.75) is 13.5 Å². The van der Waals surface area contributed by atoms with Crippen LogP contribution in [0.4, 0.5) is 0 Å². The molecule has 0 saturated carbocycles. The number of hydrogen-bond acceptors (Lipinski definition) is 1. The van der Waals surface area contributed by atoms with Crippen molar-refractivity contribution in [3.8, 4) is 0 Å². The Balaban J connectivity index is 1.95. The molecular formula is C24H23NO. The van der Waals surface area contributed by atoms with Gasteiger partial charge in [0.05, 0.1) is 0 Å². The van der Waals surface area contributed by atoms with Crippen LogP contribution in [0.5, 0.6) is 0 Å². The smallest absolute Gasteiger partial charge is 0.254 e. The molecule has 3 aromatic carbocycles. The zero-order chi connectivity index (χ0) is 18.2. The van der Waals surface area contributed by atoms with E-state index in [9.17, 15) is 4.79 Å². The van der Waals surface area contributed by atoms with E-state index in [-0.39, 0.29) is 5.91 Å². The molecule has 0 radical (unpaired) electrons. The van der Waals surface area contributed by atoms with Crippen molar-refractivity contribution in [1.82, 2.24) is 4.90 Å². The van der Waals surface area contributed by atoms with Crippen LogP contribution in [0.15, 0.2) is 91.0 Å². The molecule has 0 atom stereocenters. The summed E-state index contributed by atoms with van der Waals surface area (Å²) in [5.41, 5.74) is 3.81. The lowest BCUT2D eigenvalue weighted by Gasteiger charge is -2.23. The molecule has 0 bridgehead atoms. The van der Waals surface area contributed by atoms with Crippen LogP contribution in [0.1, 0.15) is 23.6 Å². The van der Waals surface area contributed by atoms with E-state index < -0.39 is 0 Å². The molecule has 3 aromatic rings. The van der Waals surface area contributed by atoms with E-state index in [1.807, 2.05) is 96.8 Å². The van der Waals surface area contributed by atoms with Crippen LogP contribution in [-0.2, 0) is 11.3 Å². The van der Waals surface area contributed by atoms with Gasteiger partial charge in [-0.1, -0.05) is 91.0 Å². The van der Waals surface area contributed by atoms with Gasteiger partial charge in [0.1, 0.15) is 0 Å². The monoisotopic (exact) mass is 341 g/mol. The van der Waals surface area contributed by atoms with Crippen molar-refractivity contribution in [3.05, 3.63) is 108 Å². The Bertz CT molecular complexity index is 854. The second-order valence-corrected chi connectivity index (χ2v) is 6.14. The maximum absolute atomic E-state index is 13.3. The number of nitrogens with zero attached hydrogens (tertiary/aromatic N) is 1. The van der Waals surface area contributed by atoms with E-state index in [0.29, 0.717) is 13.1 Å². The number of carbonyl (C=O) groups is 1. The fourth-order valence-corrected chi connectivity index (χ4v) is 2.90. The third kappa shape index (κ3) is 4.48. The minimum absolute atomic E-state index is 0.0476. The van der Waals surface area contributed by atoms with Crippen molar-refractivity contribution in [2.75, 3.05) is 6.54 Å². The largest absolute Gasteiger partial charge is 0.335 e. The molecule has 0 aliphatic heterocycles. The van der Waals surface area contributed by atoms with E-state index in [2.05, 4.69) is 12.1 Å². The van der Waals surface area contributed by atoms with Gasteiger partial charge in [-0.05, 0) is 29.7 Å². The van der Waals surface area contributed by atoms with Gasteiger partial charge < -0.3 is 4.90 Å². The molecule has 0 heterocycles. The van der Waals surface area contributed by atoms with Crippen LogP contribution < -0.4 is 0 Å². The molecule has 2 nitrogen and oxygen atoms in total. The van der Waals surface area contributed by atoms with E-state index >= 15 is 0 Å². The van der Waals surface area contributed by atoms with E-state index in [4.69, 9.17) is 0 Å². The molecule has 0 fully saturated rings. The maximum Gasteiger partial charge on any atom is 0.254 e. The molecule has 0 aromatic heterocycles. The third-order valence-corrected chi connectivity index (χ3v) is 4.31. The van der Waals surface area contributed by atoms with Crippen LogP contribution in [0.25, 0.3) is 11.6 Å². The minimum Gasteiger partial charge on any atom is -0.335 e. The first kappa shape index (κ1) is 17.7. The molecule has 130 valence electrons. The predicted octanol–water partition coefficient (Wildman–Crippen LogP) is 5.28. The first-order chi connectivity index (χ1) is 12.8. The summed E-state index contributed by atoms with van der Waals surface area (Å²) in [7, 11) is 0. The number of hydrogen-bond donors (Lipinski definition) is 0. The van der Waals surface area contributed by atoms with Gasteiger partial charge in [0.25, 0.3) is 5.91 Å². The molecule has 0 aliphatic carbocycles. The second kappa shape index (κ2) is 8.82. The van der Waals surface area contributed by atoms with Crippen LogP contribution in [-0.4, -0.2) is 17.4 Å². The molecular weight excluding hydrogens is 318 g/mol. The van der Waals surface area contributed by atoms with E-state index in [1.54, 1.807) is 0 Å². The molecule has 0 aliphatic rings. The highest BCUT2D eigenvalue weighted by Gasteiger charge is 2.18. The summed E-state index contributed by atoms with van der Waals surface area (Å²) in [6.07, 6.45) is 1.98. The fourth-order valence-electron chi connectivity index (χ4n) is 2.90. The van der Waals surface area contributed by atoms with Gasteiger partial charge in [-0.3, -0.25) is 4.79 Å². The summed E-state index contributed by atoms with van der Waals surface area (Å²) in [6, 6.07) is 30.0. The fraction of sp³-hybridized carbons (Fsp3) is 0.125. The number of likely N-dealkylation sites (N-methyl/N-ethyl adjacent to an activating group) is 1. The summed E-state index contributed by atoms with van der Waals surface area (Å²) in [6.45, 7) is 3.29. The van der Waals surface area contributed by atoms with Crippen LogP contribution in [0.2, 0.25) is 0 Å². The summed E-state index contributed by atoms with van der Waals surface area (Å²) in [5, 5.41) is 0. The zero-order valence-corrected chi connectivity index (χ0v) is 15.0. The van der Waals surface area contributed by atoms with Crippen molar-refractivity contribution < 1.29 is 4.79 Å². The maximum atomic E-state index is 13.3. The second-order valence-electron chi connectivity index (χ2n) is 6.14. The molecule has 2 heteroatoms. The molecule has 3 rings (SSSR count). The third-order valence-electron chi connectivity index (χ3n) is 4.31. The van der Waals surface area contributed by atoms with Gasteiger partial charge in [0.2, 0.25) is 0 Å². The van der Waals surface area contributed by atoms with Gasteiger partial charge in [-0.25, -0.2) is 0 Å². The van der Waals surface area contributed by atoms with Crippen LogP contribution >= 0.6 is 0 Å². The zero-order valence-electron chi connectivity index (χ0n) is 15.0. The molecule has 26 heavy (non-hydrogen) atoms. The summed E-state index contributed by atoms with van der Waals surface area (Å²) in [5.74, 6) is 0.0476. The highest BCUT2D eigenvalue weighted by molar-refractivity contribution is 6.24. The minimum atomic E-state index is 0.0476. The van der Waals surface area contributed by atoms with Crippen molar-refractivity contribution >= 4 is 17.6 Å². The topological polar surface area (TPSA) is 20.3 Å². The summed E-state index contributed by atoms with van der Waals surface area (Å²) < 4.78 is 0. The first-order valence-corrected chi connectivity index (χ1v) is 8.93. The number of carbonyl (C=O) groups excluding carboxylic acids is 1. The quantitative estimate of drug-likeness (QED) is 0.441. The van der Waals surface area contributed by atoms with Crippen LogP contribution in [0.3, 0.4) is 0 Å². The Morgan fingerprint density at radius 2 is 1.35 bits per heavy atom. The highest BCUT2D eigenvalue weighted by atomic mass is 16.2. The standard InChI is InChI=1S/C24H23NO/c1-2-25(19-21-14-8-4-9-15-21)24(26)23(22-16-10-5-11-17-22)18-20-12-6-3-7-13-20/h3-18H,2,19H2,1H3. The highest BCUT2D eigenvalue weighted by Crippen LogP contribution is 2.22. The van der Waals surface area contributed by atoms with Crippen LogP contribution in [0, 0.1) is 0 Å². The van der Waals surface area contributed by atoms with Gasteiger partial charge >= 0.3 is 0 Å². The number of benzene rings is 3. The lowest BCUT2D eigenvalue weighted by atomic mass is 10.0. The first-order valence-electron chi connectivity index (χ1n) is 8.93. The SMILES string of the molecule is CCN(Cc1ccccc1)C(=O)C(=Cc1ccccc1)c1ccccc1. The Labute approximate surface area is 155 Å². The van der Waals surface area contributed by atoms with Crippen molar-refractivity contribution in [2.24, 2.45) is 0 Å². The average molecular weight is 341 g/mol. The molecule has 0 spiro atoms.